The molecular weight excluding hydrogens is 354 g/mol. The lowest BCUT2D eigenvalue weighted by molar-refractivity contribution is 0.199. The monoisotopic (exact) mass is 381 g/mol. The first-order chi connectivity index (χ1) is 12.9. The van der Waals surface area contributed by atoms with E-state index in [0.717, 1.165) is 12.0 Å². The van der Waals surface area contributed by atoms with Crippen LogP contribution in [0.4, 0.5) is 0 Å². The third-order valence-corrected chi connectivity index (χ3v) is 8.47. The Morgan fingerprint density at radius 3 is 2.44 bits per heavy atom. The predicted molar refractivity (Wildman–Crippen MR) is 109 cm³/mol. The lowest BCUT2D eigenvalue weighted by Crippen LogP contribution is -2.46. The molecule has 1 saturated heterocycles. The van der Waals surface area contributed by atoms with Crippen molar-refractivity contribution in [3.63, 3.8) is 0 Å². The van der Waals surface area contributed by atoms with E-state index in [0.29, 0.717) is 29.7 Å². The Labute approximate surface area is 162 Å². The number of benzene rings is 2. The summed E-state index contributed by atoms with van der Waals surface area (Å²) in [6, 6.07) is 17.7. The van der Waals surface area contributed by atoms with Gasteiger partial charge in [-0.25, -0.2) is 8.42 Å². The van der Waals surface area contributed by atoms with Crippen molar-refractivity contribution < 1.29 is 8.42 Å². The zero-order valence-corrected chi connectivity index (χ0v) is 16.8. The van der Waals surface area contributed by atoms with Crippen LogP contribution >= 0.6 is 0 Å². The molecule has 1 saturated carbocycles. The number of piperidine rings is 1. The van der Waals surface area contributed by atoms with E-state index in [4.69, 9.17) is 0 Å². The smallest absolute Gasteiger partial charge is 0.207 e. The standard InChI is InChI=1S/C23H27NO2S/c1-4-8-19-15-23(3)21(22(23)18-9-6-5-7-10-18)16-24(19)27(25,26)20-13-11-17(2)12-14-20/h4-7,9-14,19,21-22H,1,8,15-16H2,2-3H3/t19-,21-,22-,23-/m0/s1. The summed E-state index contributed by atoms with van der Waals surface area (Å²) < 4.78 is 28.5. The van der Waals surface area contributed by atoms with Crippen molar-refractivity contribution in [2.75, 3.05) is 6.54 Å². The number of hydrogen-bond donors (Lipinski definition) is 0. The van der Waals surface area contributed by atoms with Crippen LogP contribution in [-0.2, 0) is 10.0 Å². The maximum Gasteiger partial charge on any atom is 0.243 e. The van der Waals surface area contributed by atoms with Crippen LogP contribution in [0.15, 0.2) is 72.1 Å². The molecule has 1 aliphatic carbocycles. The van der Waals surface area contributed by atoms with Gasteiger partial charge in [0.05, 0.1) is 4.90 Å². The fraction of sp³-hybridized carbons (Fsp3) is 0.391. The summed E-state index contributed by atoms with van der Waals surface area (Å²) in [5.74, 6) is 0.811. The van der Waals surface area contributed by atoms with Crippen LogP contribution in [0.25, 0.3) is 0 Å². The van der Waals surface area contributed by atoms with Crippen LogP contribution in [0.3, 0.4) is 0 Å². The molecule has 0 N–H and O–H groups in total. The zero-order chi connectivity index (χ0) is 19.2. The average molecular weight is 382 g/mol. The van der Waals surface area contributed by atoms with E-state index in [2.05, 4.69) is 37.8 Å². The quantitative estimate of drug-likeness (QED) is 0.701. The van der Waals surface area contributed by atoms with Gasteiger partial charge in [-0.2, -0.15) is 4.31 Å². The molecule has 0 bridgehead atoms. The lowest BCUT2D eigenvalue weighted by atomic mass is 9.89. The van der Waals surface area contributed by atoms with Crippen LogP contribution in [0, 0.1) is 18.3 Å². The van der Waals surface area contributed by atoms with Gasteiger partial charge in [-0.05, 0) is 54.7 Å². The second-order valence-electron chi connectivity index (χ2n) is 8.27. The van der Waals surface area contributed by atoms with Crippen LogP contribution in [0.2, 0.25) is 0 Å². The fourth-order valence-corrected chi connectivity index (χ4v) is 6.67. The zero-order valence-electron chi connectivity index (χ0n) is 16.0. The number of hydrogen-bond acceptors (Lipinski definition) is 2. The van der Waals surface area contributed by atoms with E-state index in [1.807, 2.05) is 31.2 Å². The summed E-state index contributed by atoms with van der Waals surface area (Å²) in [6.45, 7) is 8.75. The number of nitrogens with zero attached hydrogens (tertiary/aromatic N) is 1. The Kier molecular flexibility index (Phi) is 4.52. The van der Waals surface area contributed by atoms with Crippen LogP contribution in [0.1, 0.15) is 36.8 Å². The van der Waals surface area contributed by atoms with Gasteiger partial charge >= 0.3 is 0 Å². The Balaban J connectivity index is 1.67. The van der Waals surface area contributed by atoms with Crippen molar-refractivity contribution in [1.82, 2.24) is 4.31 Å². The van der Waals surface area contributed by atoms with Crippen molar-refractivity contribution >= 4 is 10.0 Å². The van der Waals surface area contributed by atoms with E-state index in [1.165, 1.54) is 5.56 Å². The SMILES string of the molecule is C=CC[C@H]1C[C@@]2(C)[C@@H](CN1S(=O)(=O)c1ccc(C)cc1)[C@@H]2c1ccccc1. The van der Waals surface area contributed by atoms with Crippen molar-refractivity contribution in [1.29, 1.82) is 0 Å². The fourth-order valence-electron chi connectivity index (χ4n) is 5.01. The summed E-state index contributed by atoms with van der Waals surface area (Å²) in [5.41, 5.74) is 2.57. The molecule has 2 fully saturated rings. The minimum Gasteiger partial charge on any atom is -0.207 e. The Morgan fingerprint density at radius 1 is 1.15 bits per heavy atom. The molecular formula is C23H27NO2S. The largest absolute Gasteiger partial charge is 0.243 e. The van der Waals surface area contributed by atoms with Gasteiger partial charge in [0.25, 0.3) is 0 Å². The van der Waals surface area contributed by atoms with Crippen molar-refractivity contribution in [2.24, 2.45) is 11.3 Å². The molecule has 2 aromatic rings. The first kappa shape index (κ1) is 18.5. The van der Waals surface area contributed by atoms with Crippen LogP contribution in [-0.4, -0.2) is 25.3 Å². The van der Waals surface area contributed by atoms with E-state index < -0.39 is 10.0 Å². The molecule has 1 heterocycles. The van der Waals surface area contributed by atoms with E-state index in [9.17, 15) is 8.42 Å². The van der Waals surface area contributed by atoms with Gasteiger partial charge in [-0.1, -0.05) is 61.0 Å². The maximum atomic E-state index is 13.4. The number of aryl methyl sites for hydroxylation is 1. The normalized spacial score (nSPS) is 30.5. The highest BCUT2D eigenvalue weighted by molar-refractivity contribution is 7.89. The Bertz CT molecular complexity index is 936. The molecule has 0 amide bonds. The van der Waals surface area contributed by atoms with Gasteiger partial charge in [-0.15, -0.1) is 6.58 Å². The lowest BCUT2D eigenvalue weighted by Gasteiger charge is -2.36. The number of sulfonamides is 1. The number of fused-ring (bicyclic) bond motifs is 1. The molecule has 0 aromatic heterocycles. The summed E-state index contributed by atoms with van der Waals surface area (Å²) in [4.78, 5) is 0.391. The molecule has 4 heteroatoms. The van der Waals surface area contributed by atoms with Crippen molar-refractivity contribution in [3.05, 3.63) is 78.4 Å². The summed E-state index contributed by atoms with van der Waals surface area (Å²) >= 11 is 0. The second-order valence-corrected chi connectivity index (χ2v) is 10.2. The minimum absolute atomic E-state index is 0.0243. The topological polar surface area (TPSA) is 37.4 Å². The van der Waals surface area contributed by atoms with Gasteiger partial charge < -0.3 is 0 Å². The summed E-state index contributed by atoms with van der Waals surface area (Å²) in [6.07, 6.45) is 3.43. The molecule has 3 nitrogen and oxygen atoms in total. The molecule has 4 rings (SSSR count). The molecule has 0 spiro atoms. The predicted octanol–water partition coefficient (Wildman–Crippen LogP) is 4.75. The highest BCUT2D eigenvalue weighted by Crippen LogP contribution is 2.69. The second kappa shape index (κ2) is 6.61. The average Bonchev–Trinajstić information content (AvgIpc) is 3.26. The molecule has 2 aliphatic rings. The molecule has 4 atom stereocenters. The third kappa shape index (κ3) is 3.05. The van der Waals surface area contributed by atoms with Gasteiger partial charge in [0.2, 0.25) is 10.0 Å². The summed E-state index contributed by atoms with van der Waals surface area (Å²) in [7, 11) is -3.50. The highest BCUT2D eigenvalue weighted by atomic mass is 32.2. The van der Waals surface area contributed by atoms with Crippen LogP contribution < -0.4 is 0 Å². The Hall–Kier alpha value is -1.91. The van der Waals surface area contributed by atoms with E-state index in [1.54, 1.807) is 16.4 Å². The highest BCUT2D eigenvalue weighted by Gasteiger charge is 2.65. The molecule has 0 unspecified atom stereocenters. The first-order valence-electron chi connectivity index (χ1n) is 9.62. The molecule has 0 radical (unpaired) electrons. The van der Waals surface area contributed by atoms with Crippen LogP contribution in [0.5, 0.6) is 0 Å². The minimum atomic E-state index is -3.50. The molecule has 142 valence electrons. The van der Waals surface area contributed by atoms with Gasteiger partial charge in [0, 0.05) is 12.6 Å². The maximum absolute atomic E-state index is 13.4. The van der Waals surface area contributed by atoms with E-state index in [-0.39, 0.29) is 11.5 Å². The molecule has 1 aliphatic heterocycles. The van der Waals surface area contributed by atoms with Gasteiger partial charge in [0.15, 0.2) is 0 Å². The number of rotatable bonds is 5. The molecule has 2 aromatic carbocycles. The first-order valence-corrected chi connectivity index (χ1v) is 11.1. The summed E-state index contributed by atoms with van der Waals surface area (Å²) in [5, 5.41) is 0. The van der Waals surface area contributed by atoms with Crippen molar-refractivity contribution in [2.45, 2.75) is 43.5 Å². The van der Waals surface area contributed by atoms with E-state index >= 15 is 0 Å². The van der Waals surface area contributed by atoms with Gasteiger partial charge in [-0.3, -0.25) is 0 Å². The Morgan fingerprint density at radius 2 is 1.81 bits per heavy atom. The van der Waals surface area contributed by atoms with Crippen molar-refractivity contribution in [3.8, 4) is 0 Å². The third-order valence-electron chi connectivity index (χ3n) is 6.54. The molecule has 27 heavy (non-hydrogen) atoms. The van der Waals surface area contributed by atoms with Gasteiger partial charge in [0.1, 0.15) is 0 Å².